The van der Waals surface area contributed by atoms with Crippen molar-refractivity contribution in [2.75, 3.05) is 5.73 Å². The van der Waals surface area contributed by atoms with E-state index in [0.717, 1.165) is 19.3 Å². The van der Waals surface area contributed by atoms with Crippen LogP contribution in [0.25, 0.3) is 0 Å². The molecule has 1 atom stereocenters. The van der Waals surface area contributed by atoms with E-state index in [1.165, 1.54) is 0 Å². The van der Waals surface area contributed by atoms with Gasteiger partial charge in [-0.1, -0.05) is 25.4 Å². The van der Waals surface area contributed by atoms with Gasteiger partial charge < -0.3 is 11.1 Å². The number of nitrogen functional groups attached to an aromatic ring is 1. The van der Waals surface area contributed by atoms with E-state index in [-0.39, 0.29) is 11.9 Å². The van der Waals surface area contributed by atoms with Crippen LogP contribution in [0, 0.1) is 5.41 Å². The molecule has 3 N–H and O–H groups in total. The van der Waals surface area contributed by atoms with Crippen LogP contribution in [0.1, 0.15) is 43.5 Å². The first-order valence-electron chi connectivity index (χ1n) is 6.23. The second-order valence-corrected chi connectivity index (χ2v) is 6.29. The van der Waals surface area contributed by atoms with E-state index in [9.17, 15) is 4.79 Å². The highest BCUT2D eigenvalue weighted by Crippen LogP contribution is 2.37. The number of anilines is 1. The number of hydrogen-bond donors (Lipinski definition) is 2. The molecule has 1 amide bonds. The standard InChI is InChI=1S/C14H19ClN2O/c1-14(2)4-3-12(8-14)17-13(18)9-5-10(15)7-11(16)6-9/h5-7,12H,3-4,8,16H2,1-2H3,(H,17,18). The maximum absolute atomic E-state index is 12.1. The molecule has 1 aromatic carbocycles. The molecule has 0 spiro atoms. The largest absolute Gasteiger partial charge is 0.399 e. The average Bonchev–Trinajstić information content (AvgIpc) is 2.56. The van der Waals surface area contributed by atoms with E-state index in [2.05, 4.69) is 19.2 Å². The zero-order valence-corrected chi connectivity index (χ0v) is 11.6. The fraction of sp³-hybridized carbons (Fsp3) is 0.500. The fourth-order valence-electron chi connectivity index (χ4n) is 2.57. The third-order valence-electron chi connectivity index (χ3n) is 3.49. The molecule has 1 unspecified atom stereocenters. The summed E-state index contributed by atoms with van der Waals surface area (Å²) < 4.78 is 0. The van der Waals surface area contributed by atoms with Crippen molar-refractivity contribution in [2.24, 2.45) is 5.41 Å². The van der Waals surface area contributed by atoms with Crippen LogP contribution in [0.4, 0.5) is 5.69 Å². The summed E-state index contributed by atoms with van der Waals surface area (Å²) in [5.74, 6) is -0.0908. The number of benzene rings is 1. The third-order valence-corrected chi connectivity index (χ3v) is 3.70. The van der Waals surface area contributed by atoms with Crippen LogP contribution in [0.2, 0.25) is 5.02 Å². The summed E-state index contributed by atoms with van der Waals surface area (Å²) in [4.78, 5) is 12.1. The Hall–Kier alpha value is -1.22. The summed E-state index contributed by atoms with van der Waals surface area (Å²) in [5.41, 5.74) is 7.05. The van der Waals surface area contributed by atoms with Gasteiger partial charge in [-0.15, -0.1) is 0 Å². The minimum absolute atomic E-state index is 0.0908. The smallest absolute Gasteiger partial charge is 0.251 e. The van der Waals surface area contributed by atoms with Gasteiger partial charge in [-0.05, 0) is 42.9 Å². The highest BCUT2D eigenvalue weighted by molar-refractivity contribution is 6.31. The summed E-state index contributed by atoms with van der Waals surface area (Å²) in [5, 5.41) is 3.54. The number of nitrogens with one attached hydrogen (secondary N) is 1. The SMILES string of the molecule is CC1(C)CCC(NC(=O)c2cc(N)cc(Cl)c2)C1. The molecule has 1 aliphatic carbocycles. The Morgan fingerprint density at radius 3 is 2.72 bits per heavy atom. The lowest BCUT2D eigenvalue weighted by atomic mass is 9.92. The molecule has 1 fully saturated rings. The van der Waals surface area contributed by atoms with Crippen LogP contribution in [0.5, 0.6) is 0 Å². The molecule has 2 rings (SSSR count). The molecule has 4 heteroatoms. The van der Waals surface area contributed by atoms with Gasteiger partial charge in [-0.25, -0.2) is 0 Å². The molecule has 0 aliphatic heterocycles. The summed E-state index contributed by atoms with van der Waals surface area (Å²) >= 11 is 5.90. The monoisotopic (exact) mass is 266 g/mol. The van der Waals surface area contributed by atoms with Crippen molar-refractivity contribution in [2.45, 2.75) is 39.2 Å². The molecule has 0 radical (unpaired) electrons. The summed E-state index contributed by atoms with van der Waals surface area (Å²) in [7, 11) is 0. The molecule has 18 heavy (non-hydrogen) atoms. The summed E-state index contributed by atoms with van der Waals surface area (Å²) in [6.07, 6.45) is 3.21. The van der Waals surface area contributed by atoms with Crippen molar-refractivity contribution < 1.29 is 4.79 Å². The van der Waals surface area contributed by atoms with Crippen LogP contribution in [0.3, 0.4) is 0 Å². The predicted octanol–water partition coefficient (Wildman–Crippen LogP) is 3.23. The second-order valence-electron chi connectivity index (χ2n) is 5.85. The molecule has 3 nitrogen and oxygen atoms in total. The molecular formula is C14H19ClN2O. The Morgan fingerprint density at radius 1 is 1.44 bits per heavy atom. The molecule has 0 bridgehead atoms. The van der Waals surface area contributed by atoms with E-state index >= 15 is 0 Å². The maximum atomic E-state index is 12.1. The van der Waals surface area contributed by atoms with Crippen LogP contribution in [-0.2, 0) is 0 Å². The van der Waals surface area contributed by atoms with Crippen molar-refractivity contribution >= 4 is 23.2 Å². The Balaban J connectivity index is 2.04. The predicted molar refractivity (Wildman–Crippen MR) is 74.8 cm³/mol. The summed E-state index contributed by atoms with van der Waals surface area (Å²) in [6.45, 7) is 4.47. The average molecular weight is 267 g/mol. The van der Waals surface area contributed by atoms with Gasteiger partial charge in [0.05, 0.1) is 0 Å². The van der Waals surface area contributed by atoms with Crippen molar-refractivity contribution in [1.82, 2.24) is 5.32 Å². The first-order chi connectivity index (χ1) is 8.35. The minimum Gasteiger partial charge on any atom is -0.399 e. The van der Waals surface area contributed by atoms with Gasteiger partial charge in [0.15, 0.2) is 0 Å². The Bertz CT molecular complexity index is 451. The van der Waals surface area contributed by atoms with E-state index in [1.54, 1.807) is 18.2 Å². The van der Waals surface area contributed by atoms with Gasteiger partial charge >= 0.3 is 0 Å². The molecule has 0 saturated heterocycles. The highest BCUT2D eigenvalue weighted by atomic mass is 35.5. The van der Waals surface area contributed by atoms with Crippen LogP contribution in [0.15, 0.2) is 18.2 Å². The topological polar surface area (TPSA) is 55.1 Å². The number of halogens is 1. The Kier molecular flexibility index (Phi) is 3.53. The van der Waals surface area contributed by atoms with Crippen molar-refractivity contribution in [3.05, 3.63) is 28.8 Å². The Morgan fingerprint density at radius 2 is 2.17 bits per heavy atom. The van der Waals surface area contributed by atoms with Gasteiger partial charge in [0.2, 0.25) is 0 Å². The number of hydrogen-bond acceptors (Lipinski definition) is 2. The van der Waals surface area contributed by atoms with Gasteiger partial charge in [0, 0.05) is 22.3 Å². The lowest BCUT2D eigenvalue weighted by molar-refractivity contribution is 0.0936. The Labute approximate surface area is 113 Å². The molecule has 0 aromatic heterocycles. The van der Waals surface area contributed by atoms with Crippen LogP contribution in [-0.4, -0.2) is 11.9 Å². The molecule has 1 aromatic rings. The van der Waals surface area contributed by atoms with Crippen molar-refractivity contribution in [1.29, 1.82) is 0 Å². The van der Waals surface area contributed by atoms with Gasteiger partial charge in [-0.2, -0.15) is 0 Å². The first-order valence-corrected chi connectivity index (χ1v) is 6.60. The number of carbonyl (C=O) groups is 1. The van der Waals surface area contributed by atoms with Crippen molar-refractivity contribution in [3.63, 3.8) is 0 Å². The molecular weight excluding hydrogens is 248 g/mol. The van der Waals surface area contributed by atoms with E-state index in [0.29, 0.717) is 21.7 Å². The van der Waals surface area contributed by atoms with Crippen LogP contribution < -0.4 is 11.1 Å². The fourth-order valence-corrected chi connectivity index (χ4v) is 2.82. The van der Waals surface area contributed by atoms with Gasteiger partial charge in [-0.3, -0.25) is 4.79 Å². The van der Waals surface area contributed by atoms with Crippen LogP contribution >= 0.6 is 11.6 Å². The quantitative estimate of drug-likeness (QED) is 0.808. The highest BCUT2D eigenvalue weighted by Gasteiger charge is 2.31. The maximum Gasteiger partial charge on any atom is 0.251 e. The number of amides is 1. The third kappa shape index (κ3) is 3.16. The normalized spacial score (nSPS) is 21.8. The zero-order valence-electron chi connectivity index (χ0n) is 10.8. The van der Waals surface area contributed by atoms with E-state index in [1.807, 2.05) is 0 Å². The van der Waals surface area contributed by atoms with E-state index < -0.39 is 0 Å². The zero-order chi connectivity index (χ0) is 13.3. The number of nitrogens with two attached hydrogens (primary N) is 1. The molecule has 1 aliphatic rings. The van der Waals surface area contributed by atoms with Gasteiger partial charge in [0.1, 0.15) is 0 Å². The molecule has 98 valence electrons. The summed E-state index contributed by atoms with van der Waals surface area (Å²) in [6, 6.07) is 5.19. The molecule has 1 saturated carbocycles. The lowest BCUT2D eigenvalue weighted by Gasteiger charge is -2.18. The van der Waals surface area contributed by atoms with E-state index in [4.69, 9.17) is 17.3 Å². The van der Waals surface area contributed by atoms with Crippen molar-refractivity contribution in [3.8, 4) is 0 Å². The minimum atomic E-state index is -0.0908. The first kappa shape index (κ1) is 13.2. The lowest BCUT2D eigenvalue weighted by Crippen LogP contribution is -2.33. The number of carbonyl (C=O) groups excluding carboxylic acids is 1. The number of rotatable bonds is 2. The molecule has 0 heterocycles. The van der Waals surface area contributed by atoms with Gasteiger partial charge in [0.25, 0.3) is 5.91 Å². The second kappa shape index (κ2) is 4.81.